The van der Waals surface area contributed by atoms with E-state index in [-0.39, 0.29) is 11.0 Å². The summed E-state index contributed by atoms with van der Waals surface area (Å²) in [6.45, 7) is 0. The van der Waals surface area contributed by atoms with Gasteiger partial charge in [0.15, 0.2) is 0 Å². The Bertz CT molecular complexity index is 330. The molecule has 1 aromatic rings. The van der Waals surface area contributed by atoms with Crippen LogP contribution in [0.25, 0.3) is 0 Å². The van der Waals surface area contributed by atoms with Crippen LogP contribution in [0.2, 0.25) is 0 Å². The van der Waals surface area contributed by atoms with Crippen LogP contribution in [0.15, 0.2) is 15.9 Å². The van der Waals surface area contributed by atoms with Crippen molar-refractivity contribution in [1.82, 2.24) is 0 Å². The van der Waals surface area contributed by atoms with E-state index >= 15 is 0 Å². The zero-order valence-electron chi connectivity index (χ0n) is 8.63. The van der Waals surface area contributed by atoms with Crippen LogP contribution >= 0.6 is 38.9 Å². The van der Waals surface area contributed by atoms with Crippen molar-refractivity contribution < 1.29 is 4.74 Å². The van der Waals surface area contributed by atoms with Crippen molar-refractivity contribution in [2.75, 3.05) is 7.11 Å². The molecule has 15 heavy (non-hydrogen) atoms. The molecular weight excluding hydrogens is 296 g/mol. The van der Waals surface area contributed by atoms with Crippen molar-refractivity contribution in [3.8, 4) is 0 Å². The average molecular weight is 310 g/mol. The lowest BCUT2D eigenvalue weighted by Crippen LogP contribution is -2.39. The van der Waals surface area contributed by atoms with Gasteiger partial charge in [0.1, 0.15) is 0 Å². The summed E-state index contributed by atoms with van der Waals surface area (Å²) in [6.07, 6.45) is 4.48. The van der Waals surface area contributed by atoms with E-state index in [9.17, 15) is 0 Å². The van der Waals surface area contributed by atoms with Crippen molar-refractivity contribution in [2.24, 2.45) is 0 Å². The van der Waals surface area contributed by atoms with E-state index < -0.39 is 0 Å². The van der Waals surface area contributed by atoms with E-state index in [0.717, 1.165) is 23.7 Å². The molecule has 1 nitrogen and oxygen atoms in total. The second-order valence-corrected chi connectivity index (χ2v) is 6.37. The number of hydrogen-bond acceptors (Lipinski definition) is 2. The predicted molar refractivity (Wildman–Crippen MR) is 68.8 cm³/mol. The molecule has 1 fully saturated rings. The average Bonchev–Trinajstić information content (AvgIpc) is 2.58. The predicted octanol–water partition coefficient (Wildman–Crippen LogP) is 4.75. The van der Waals surface area contributed by atoms with E-state index in [1.807, 2.05) is 0 Å². The maximum absolute atomic E-state index is 6.43. The summed E-state index contributed by atoms with van der Waals surface area (Å²) in [6, 6.07) is 2.05. The smallest absolute Gasteiger partial charge is 0.0717 e. The highest BCUT2D eigenvalue weighted by Gasteiger charge is 2.39. The second-order valence-electron chi connectivity index (χ2n) is 4.05. The molecule has 0 spiro atoms. The lowest BCUT2D eigenvalue weighted by atomic mass is 9.76. The van der Waals surface area contributed by atoms with Gasteiger partial charge in [0.05, 0.1) is 11.0 Å². The highest BCUT2D eigenvalue weighted by atomic mass is 79.9. The first-order valence-electron chi connectivity index (χ1n) is 5.09. The summed E-state index contributed by atoms with van der Waals surface area (Å²) < 4.78 is 6.71. The van der Waals surface area contributed by atoms with E-state index in [1.165, 1.54) is 11.3 Å². The molecule has 0 saturated heterocycles. The minimum atomic E-state index is 0.0514. The van der Waals surface area contributed by atoms with Gasteiger partial charge >= 0.3 is 0 Å². The van der Waals surface area contributed by atoms with Crippen LogP contribution in [-0.4, -0.2) is 12.7 Å². The number of methoxy groups -OCH3 is 1. The molecule has 1 aliphatic rings. The largest absolute Gasteiger partial charge is 0.378 e. The summed E-state index contributed by atoms with van der Waals surface area (Å²) >= 11 is 11.7. The van der Waals surface area contributed by atoms with Crippen LogP contribution in [0, 0.1) is 0 Å². The van der Waals surface area contributed by atoms with Crippen LogP contribution < -0.4 is 0 Å². The van der Waals surface area contributed by atoms with Crippen LogP contribution in [-0.2, 0) is 4.74 Å². The van der Waals surface area contributed by atoms with Crippen LogP contribution in [0.4, 0.5) is 0 Å². The highest BCUT2D eigenvalue weighted by molar-refractivity contribution is 9.10. The van der Waals surface area contributed by atoms with Gasteiger partial charge in [-0.2, -0.15) is 0 Å². The van der Waals surface area contributed by atoms with Crippen molar-refractivity contribution in [3.05, 3.63) is 20.8 Å². The van der Waals surface area contributed by atoms with Gasteiger partial charge in [0.25, 0.3) is 0 Å². The zero-order valence-corrected chi connectivity index (χ0v) is 11.8. The lowest BCUT2D eigenvalue weighted by Gasteiger charge is -2.41. The summed E-state index contributed by atoms with van der Waals surface area (Å²) in [5.41, 5.74) is 0.0514. The molecule has 0 bridgehead atoms. The topological polar surface area (TPSA) is 9.23 Å². The molecule has 1 saturated carbocycles. The first kappa shape index (κ1) is 11.9. The third-order valence-corrected chi connectivity index (χ3v) is 5.66. The zero-order chi connectivity index (χ0) is 10.9. The van der Waals surface area contributed by atoms with Crippen LogP contribution in [0.1, 0.15) is 35.9 Å². The molecule has 0 aromatic carbocycles. The molecule has 2 rings (SSSR count). The fraction of sp³-hybridized carbons (Fsp3) is 0.636. The van der Waals surface area contributed by atoms with Crippen molar-refractivity contribution in [1.29, 1.82) is 0 Å². The van der Waals surface area contributed by atoms with Crippen molar-refractivity contribution >= 4 is 38.9 Å². The Balaban J connectivity index is 2.03. The summed E-state index contributed by atoms with van der Waals surface area (Å²) in [5.74, 6) is 0. The molecular formula is C11H14BrClOS. The van der Waals surface area contributed by atoms with E-state index in [0.29, 0.717) is 0 Å². The molecule has 1 heterocycles. The molecule has 0 amide bonds. The monoisotopic (exact) mass is 308 g/mol. The Hall–Kier alpha value is 0.430. The maximum Gasteiger partial charge on any atom is 0.0717 e. The highest BCUT2D eigenvalue weighted by Crippen LogP contribution is 2.46. The number of rotatable bonds is 4. The van der Waals surface area contributed by atoms with Gasteiger partial charge in [-0.25, -0.2) is 0 Å². The number of hydrogen-bond donors (Lipinski definition) is 0. The fourth-order valence-electron chi connectivity index (χ4n) is 2.01. The van der Waals surface area contributed by atoms with Gasteiger partial charge in [-0.05, 0) is 53.1 Å². The van der Waals surface area contributed by atoms with Gasteiger partial charge in [-0.1, -0.05) is 0 Å². The van der Waals surface area contributed by atoms with Crippen LogP contribution in [0.5, 0.6) is 0 Å². The van der Waals surface area contributed by atoms with Gasteiger partial charge in [-0.3, -0.25) is 0 Å². The van der Waals surface area contributed by atoms with Gasteiger partial charge in [0, 0.05) is 16.5 Å². The Kier molecular flexibility index (Phi) is 3.76. The minimum absolute atomic E-state index is 0.0514. The minimum Gasteiger partial charge on any atom is -0.378 e. The van der Waals surface area contributed by atoms with Crippen LogP contribution in [0.3, 0.4) is 0 Å². The lowest BCUT2D eigenvalue weighted by molar-refractivity contribution is -0.0779. The van der Waals surface area contributed by atoms with Gasteiger partial charge < -0.3 is 4.74 Å². The molecule has 84 valence electrons. The van der Waals surface area contributed by atoms with Crippen molar-refractivity contribution in [3.63, 3.8) is 0 Å². The van der Waals surface area contributed by atoms with E-state index in [1.54, 1.807) is 18.4 Å². The third kappa shape index (κ3) is 2.41. The second kappa shape index (κ2) is 4.74. The maximum atomic E-state index is 6.43. The molecule has 1 aliphatic carbocycles. The number of thiophene rings is 1. The van der Waals surface area contributed by atoms with Gasteiger partial charge in [0.2, 0.25) is 0 Å². The van der Waals surface area contributed by atoms with Crippen molar-refractivity contribution in [2.45, 2.75) is 36.7 Å². The molecule has 1 aromatic heterocycles. The van der Waals surface area contributed by atoms with E-state index in [4.69, 9.17) is 16.3 Å². The number of alkyl halides is 1. The molecule has 0 N–H and O–H groups in total. The fourth-order valence-corrected chi connectivity index (χ4v) is 4.32. The third-order valence-electron chi connectivity index (χ3n) is 3.18. The Morgan fingerprint density at radius 3 is 2.80 bits per heavy atom. The number of halogens is 2. The first-order valence-corrected chi connectivity index (χ1v) is 7.20. The molecule has 1 unspecified atom stereocenters. The van der Waals surface area contributed by atoms with Gasteiger partial charge in [-0.15, -0.1) is 22.9 Å². The standard InChI is InChI=1S/C11H14BrClOS/c1-14-11(4-2-5-11)7-9(13)10-8(12)3-6-15-10/h3,6,9H,2,4-5,7H2,1H3. The summed E-state index contributed by atoms with van der Waals surface area (Å²) in [5, 5.41) is 2.13. The molecule has 4 heteroatoms. The quantitative estimate of drug-likeness (QED) is 0.729. The normalized spacial score (nSPS) is 21.0. The van der Waals surface area contributed by atoms with E-state index in [2.05, 4.69) is 27.4 Å². The SMILES string of the molecule is COC1(CC(Cl)c2sccc2Br)CCC1. The molecule has 0 aliphatic heterocycles. The first-order chi connectivity index (χ1) is 7.17. The number of ether oxygens (including phenoxy) is 1. The summed E-state index contributed by atoms with van der Waals surface area (Å²) in [7, 11) is 1.80. The Labute approximate surface area is 108 Å². The Morgan fingerprint density at radius 1 is 1.67 bits per heavy atom. The molecule has 1 atom stereocenters. The molecule has 0 radical (unpaired) electrons. The Morgan fingerprint density at radius 2 is 2.40 bits per heavy atom. The summed E-state index contributed by atoms with van der Waals surface area (Å²) in [4.78, 5) is 1.22.